The first kappa shape index (κ1) is 16.9. The molecule has 0 spiro atoms. The molecule has 1 amide bonds. The fourth-order valence-corrected chi connectivity index (χ4v) is 3.33. The fraction of sp³-hybridized carbons (Fsp3) is 0.588. The maximum atomic E-state index is 12.2. The van der Waals surface area contributed by atoms with Crippen LogP contribution in [0.5, 0.6) is 11.5 Å². The van der Waals surface area contributed by atoms with Crippen molar-refractivity contribution in [2.75, 3.05) is 20.8 Å². The molecule has 1 saturated carbocycles. The number of benzene rings is 1. The van der Waals surface area contributed by atoms with E-state index in [1.807, 2.05) is 0 Å². The number of rotatable bonds is 7. The quantitative estimate of drug-likeness (QED) is 0.769. The summed E-state index contributed by atoms with van der Waals surface area (Å²) in [5.74, 6) is 1.63. The van der Waals surface area contributed by atoms with Gasteiger partial charge in [0.25, 0.3) is 5.91 Å². The molecule has 0 atom stereocenters. The lowest BCUT2D eigenvalue weighted by atomic mass is 10.0. The third-order valence-corrected chi connectivity index (χ3v) is 4.53. The van der Waals surface area contributed by atoms with E-state index in [1.54, 1.807) is 12.1 Å². The first-order valence-corrected chi connectivity index (χ1v) is 8.23. The zero-order chi connectivity index (χ0) is 15.9. The molecule has 1 aromatic carbocycles. The normalized spacial score (nSPS) is 14.9. The minimum Gasteiger partial charge on any atom is -0.493 e. The van der Waals surface area contributed by atoms with Crippen LogP contribution in [-0.2, 0) is 0 Å². The van der Waals surface area contributed by atoms with Crippen molar-refractivity contribution < 1.29 is 14.3 Å². The number of hydrogen-bond donors (Lipinski definition) is 1. The molecule has 22 heavy (non-hydrogen) atoms. The smallest absolute Gasteiger partial charge is 0.251 e. The standard InChI is InChI=1S/C17H24ClNO3/c1-21-15-11-13(10-14(18)16(15)22-2)17(20)19-9-5-8-12-6-3-4-7-12/h10-12H,3-9H2,1-2H3,(H,19,20). The molecule has 1 N–H and O–H groups in total. The highest BCUT2D eigenvalue weighted by Crippen LogP contribution is 2.36. The molecule has 1 fully saturated rings. The zero-order valence-corrected chi connectivity index (χ0v) is 14.0. The summed E-state index contributed by atoms with van der Waals surface area (Å²) in [7, 11) is 3.05. The third-order valence-electron chi connectivity index (χ3n) is 4.25. The fourth-order valence-electron chi connectivity index (χ4n) is 3.04. The Labute approximate surface area is 137 Å². The molecule has 0 bridgehead atoms. The maximum absolute atomic E-state index is 12.2. The summed E-state index contributed by atoms with van der Waals surface area (Å²) in [6, 6.07) is 3.26. The van der Waals surface area contributed by atoms with Crippen LogP contribution in [0.4, 0.5) is 0 Å². The lowest BCUT2D eigenvalue weighted by Crippen LogP contribution is -2.24. The van der Waals surface area contributed by atoms with Gasteiger partial charge >= 0.3 is 0 Å². The lowest BCUT2D eigenvalue weighted by Gasteiger charge is -2.12. The largest absolute Gasteiger partial charge is 0.493 e. The molecule has 4 nitrogen and oxygen atoms in total. The van der Waals surface area contributed by atoms with E-state index in [1.165, 1.54) is 46.3 Å². The van der Waals surface area contributed by atoms with Crippen molar-refractivity contribution in [3.63, 3.8) is 0 Å². The number of ether oxygens (including phenoxy) is 2. The number of nitrogens with one attached hydrogen (secondary N) is 1. The maximum Gasteiger partial charge on any atom is 0.251 e. The van der Waals surface area contributed by atoms with E-state index in [9.17, 15) is 4.79 Å². The second-order valence-corrected chi connectivity index (χ2v) is 6.15. The van der Waals surface area contributed by atoms with Crippen LogP contribution in [0.3, 0.4) is 0 Å². The predicted molar refractivity (Wildman–Crippen MR) is 88.1 cm³/mol. The summed E-state index contributed by atoms with van der Waals surface area (Å²) in [5, 5.41) is 3.32. The molecule has 0 radical (unpaired) electrons. The monoisotopic (exact) mass is 325 g/mol. The molecule has 5 heteroatoms. The summed E-state index contributed by atoms with van der Waals surface area (Å²) >= 11 is 6.12. The lowest BCUT2D eigenvalue weighted by molar-refractivity contribution is 0.0952. The van der Waals surface area contributed by atoms with Gasteiger partial charge in [-0.3, -0.25) is 4.79 Å². The minimum absolute atomic E-state index is 0.130. The molecule has 1 aliphatic carbocycles. The van der Waals surface area contributed by atoms with E-state index in [4.69, 9.17) is 21.1 Å². The number of amides is 1. The molecular weight excluding hydrogens is 302 g/mol. The van der Waals surface area contributed by atoms with E-state index >= 15 is 0 Å². The Hall–Kier alpha value is -1.42. The van der Waals surface area contributed by atoms with E-state index < -0.39 is 0 Å². The molecule has 2 rings (SSSR count). The number of hydrogen-bond acceptors (Lipinski definition) is 3. The van der Waals surface area contributed by atoms with Crippen LogP contribution in [0.2, 0.25) is 5.02 Å². The Morgan fingerprint density at radius 1 is 1.27 bits per heavy atom. The number of carbonyl (C=O) groups excluding carboxylic acids is 1. The number of methoxy groups -OCH3 is 2. The summed E-state index contributed by atoms with van der Waals surface area (Å²) in [6.07, 6.45) is 7.64. The van der Waals surface area contributed by atoms with Gasteiger partial charge < -0.3 is 14.8 Å². The van der Waals surface area contributed by atoms with Crippen molar-refractivity contribution in [1.29, 1.82) is 0 Å². The van der Waals surface area contributed by atoms with Crippen molar-refractivity contribution in [2.24, 2.45) is 5.92 Å². The summed E-state index contributed by atoms with van der Waals surface area (Å²) in [5.41, 5.74) is 0.489. The van der Waals surface area contributed by atoms with Gasteiger partial charge in [0.1, 0.15) is 0 Å². The van der Waals surface area contributed by atoms with Crippen LogP contribution in [0.25, 0.3) is 0 Å². The average Bonchev–Trinajstić information content (AvgIpc) is 3.03. The molecule has 1 aromatic rings. The van der Waals surface area contributed by atoms with Gasteiger partial charge in [-0.1, -0.05) is 37.3 Å². The number of carbonyl (C=O) groups is 1. The minimum atomic E-state index is -0.130. The van der Waals surface area contributed by atoms with Gasteiger partial charge in [-0.2, -0.15) is 0 Å². The van der Waals surface area contributed by atoms with E-state index in [2.05, 4.69) is 5.32 Å². The Morgan fingerprint density at radius 3 is 2.64 bits per heavy atom. The Balaban J connectivity index is 1.87. The topological polar surface area (TPSA) is 47.6 Å². The van der Waals surface area contributed by atoms with Crippen molar-refractivity contribution in [1.82, 2.24) is 5.32 Å². The van der Waals surface area contributed by atoms with E-state index in [-0.39, 0.29) is 5.91 Å². The Morgan fingerprint density at radius 2 is 2.00 bits per heavy atom. The van der Waals surface area contributed by atoms with Crippen molar-refractivity contribution in [3.05, 3.63) is 22.7 Å². The van der Waals surface area contributed by atoms with Crippen molar-refractivity contribution >= 4 is 17.5 Å². The molecule has 0 saturated heterocycles. The van der Waals surface area contributed by atoms with E-state index in [0.717, 1.165) is 12.3 Å². The second-order valence-electron chi connectivity index (χ2n) is 5.74. The van der Waals surface area contributed by atoms with Crippen LogP contribution < -0.4 is 14.8 Å². The predicted octanol–water partition coefficient (Wildman–Crippen LogP) is 4.06. The van der Waals surface area contributed by atoms with Crippen LogP contribution in [0.1, 0.15) is 48.9 Å². The van der Waals surface area contributed by atoms with Crippen LogP contribution in [0, 0.1) is 5.92 Å². The van der Waals surface area contributed by atoms with Crippen LogP contribution >= 0.6 is 11.6 Å². The molecule has 122 valence electrons. The van der Waals surface area contributed by atoms with Crippen LogP contribution in [0.15, 0.2) is 12.1 Å². The van der Waals surface area contributed by atoms with Gasteiger partial charge in [0.05, 0.1) is 19.2 Å². The van der Waals surface area contributed by atoms with Gasteiger partial charge in [0.15, 0.2) is 11.5 Å². The molecule has 0 unspecified atom stereocenters. The van der Waals surface area contributed by atoms with Gasteiger partial charge in [-0.25, -0.2) is 0 Å². The van der Waals surface area contributed by atoms with Gasteiger partial charge in [0, 0.05) is 12.1 Å². The van der Waals surface area contributed by atoms with Crippen molar-refractivity contribution in [3.8, 4) is 11.5 Å². The first-order valence-electron chi connectivity index (χ1n) is 7.85. The Kier molecular flexibility index (Phi) is 6.37. The third kappa shape index (κ3) is 4.29. The molecule has 1 aliphatic rings. The SMILES string of the molecule is COc1cc(C(=O)NCCCC2CCCC2)cc(Cl)c1OC. The summed E-state index contributed by atoms with van der Waals surface area (Å²) in [6.45, 7) is 0.696. The van der Waals surface area contributed by atoms with Crippen molar-refractivity contribution in [2.45, 2.75) is 38.5 Å². The first-order chi connectivity index (χ1) is 10.7. The van der Waals surface area contributed by atoms with E-state index in [0.29, 0.717) is 28.6 Å². The summed E-state index contributed by atoms with van der Waals surface area (Å²) in [4.78, 5) is 12.2. The van der Waals surface area contributed by atoms with Gasteiger partial charge in [-0.05, 0) is 30.9 Å². The zero-order valence-electron chi connectivity index (χ0n) is 13.3. The highest BCUT2D eigenvalue weighted by atomic mass is 35.5. The average molecular weight is 326 g/mol. The number of halogens is 1. The molecule has 0 heterocycles. The molecule has 0 aromatic heterocycles. The van der Waals surface area contributed by atoms with Gasteiger partial charge in [0.2, 0.25) is 0 Å². The molecule has 0 aliphatic heterocycles. The Bertz CT molecular complexity index is 513. The molecular formula is C17H24ClNO3. The summed E-state index contributed by atoms with van der Waals surface area (Å²) < 4.78 is 10.4. The second kappa shape index (κ2) is 8.28. The van der Waals surface area contributed by atoms with Crippen LogP contribution in [-0.4, -0.2) is 26.7 Å². The highest BCUT2D eigenvalue weighted by molar-refractivity contribution is 6.32. The van der Waals surface area contributed by atoms with Gasteiger partial charge in [-0.15, -0.1) is 0 Å². The highest BCUT2D eigenvalue weighted by Gasteiger charge is 2.16.